The molecule has 3 nitrogen and oxygen atoms in total. The predicted octanol–water partition coefficient (Wildman–Crippen LogP) is 3.00. The second kappa shape index (κ2) is 5.63. The van der Waals surface area contributed by atoms with Crippen molar-refractivity contribution < 1.29 is 4.79 Å². The molecule has 106 valence electrons. The van der Waals surface area contributed by atoms with Crippen LogP contribution in [0, 0.1) is 18.8 Å². The number of carbonyl (C=O) groups excluding carboxylic acids is 1. The Hall–Kier alpha value is -0.870. The largest absolute Gasteiger partial charge is 0.321 e. The number of rotatable bonds is 4. The van der Waals surface area contributed by atoms with E-state index in [0.29, 0.717) is 11.8 Å². The van der Waals surface area contributed by atoms with Gasteiger partial charge in [-0.1, -0.05) is 27.7 Å². The summed E-state index contributed by atoms with van der Waals surface area (Å²) < 4.78 is 0. The molecule has 0 spiro atoms. The van der Waals surface area contributed by atoms with Gasteiger partial charge in [-0.2, -0.15) is 11.3 Å². The van der Waals surface area contributed by atoms with Gasteiger partial charge in [-0.25, -0.2) is 0 Å². The summed E-state index contributed by atoms with van der Waals surface area (Å²) in [5, 5.41) is 7.80. The summed E-state index contributed by atoms with van der Waals surface area (Å²) in [4.78, 5) is 14.6. The molecule has 0 bridgehead atoms. The number of nitrogens with zero attached hydrogens (tertiary/aromatic N) is 1. The van der Waals surface area contributed by atoms with E-state index in [1.165, 1.54) is 11.1 Å². The molecular formula is C15H24N2OS. The third-order valence-corrected chi connectivity index (χ3v) is 4.75. The van der Waals surface area contributed by atoms with Gasteiger partial charge in [0.1, 0.15) is 0 Å². The molecule has 1 aromatic heterocycles. The van der Waals surface area contributed by atoms with Crippen LogP contribution in [-0.2, 0) is 11.3 Å². The SMILES string of the molecule is Cc1cscc1CN1C(=O)C(C(C)C)NC1C(C)C. The van der Waals surface area contributed by atoms with Gasteiger partial charge in [0, 0.05) is 6.54 Å². The first-order valence-electron chi connectivity index (χ1n) is 7.00. The lowest BCUT2D eigenvalue weighted by Gasteiger charge is -2.27. The normalized spacial score (nSPS) is 23.9. The Kier molecular flexibility index (Phi) is 4.31. The molecule has 1 fully saturated rings. The van der Waals surface area contributed by atoms with Gasteiger partial charge in [0.05, 0.1) is 12.2 Å². The van der Waals surface area contributed by atoms with Crippen molar-refractivity contribution in [2.24, 2.45) is 11.8 Å². The molecule has 19 heavy (non-hydrogen) atoms. The Balaban J connectivity index is 2.20. The van der Waals surface area contributed by atoms with E-state index in [4.69, 9.17) is 0 Å². The zero-order valence-corrected chi connectivity index (χ0v) is 13.3. The monoisotopic (exact) mass is 280 g/mol. The maximum Gasteiger partial charge on any atom is 0.241 e. The highest BCUT2D eigenvalue weighted by atomic mass is 32.1. The summed E-state index contributed by atoms with van der Waals surface area (Å²) in [5.74, 6) is 1.01. The van der Waals surface area contributed by atoms with Crippen LogP contribution in [0.1, 0.15) is 38.8 Å². The van der Waals surface area contributed by atoms with E-state index in [2.05, 4.69) is 50.7 Å². The van der Waals surface area contributed by atoms with Crippen LogP contribution in [0.15, 0.2) is 10.8 Å². The number of thiophene rings is 1. The minimum atomic E-state index is -0.0358. The Morgan fingerprint density at radius 2 is 1.95 bits per heavy atom. The van der Waals surface area contributed by atoms with Gasteiger partial charge in [0.15, 0.2) is 0 Å². The van der Waals surface area contributed by atoms with Crippen molar-refractivity contribution in [1.29, 1.82) is 0 Å². The Bertz CT molecular complexity index is 453. The van der Waals surface area contributed by atoms with Gasteiger partial charge in [-0.3, -0.25) is 10.1 Å². The third-order valence-electron chi connectivity index (χ3n) is 3.84. The molecule has 2 rings (SSSR count). The first-order valence-corrected chi connectivity index (χ1v) is 7.94. The van der Waals surface area contributed by atoms with E-state index in [1.807, 2.05) is 4.90 Å². The van der Waals surface area contributed by atoms with Crippen molar-refractivity contribution >= 4 is 17.2 Å². The fourth-order valence-electron chi connectivity index (χ4n) is 2.60. The second-order valence-electron chi connectivity index (χ2n) is 6.12. The standard InChI is InChI=1S/C15H24N2OS/c1-9(2)13-15(18)17(14(16-13)10(3)4)6-12-8-19-7-11(12)5/h7-10,13-14,16H,6H2,1-5H3. The average molecular weight is 280 g/mol. The smallest absolute Gasteiger partial charge is 0.241 e. The molecule has 0 aliphatic carbocycles. The van der Waals surface area contributed by atoms with Gasteiger partial charge in [0.25, 0.3) is 0 Å². The molecule has 2 heterocycles. The van der Waals surface area contributed by atoms with Crippen LogP contribution in [0.4, 0.5) is 0 Å². The topological polar surface area (TPSA) is 32.3 Å². The lowest BCUT2D eigenvalue weighted by atomic mass is 10.0. The van der Waals surface area contributed by atoms with Gasteiger partial charge < -0.3 is 4.90 Å². The molecule has 1 aromatic rings. The van der Waals surface area contributed by atoms with Crippen molar-refractivity contribution in [2.75, 3.05) is 0 Å². The zero-order valence-electron chi connectivity index (χ0n) is 12.4. The zero-order chi connectivity index (χ0) is 14.2. The van der Waals surface area contributed by atoms with E-state index < -0.39 is 0 Å². The minimum Gasteiger partial charge on any atom is -0.321 e. The molecule has 1 aliphatic rings. The molecule has 0 radical (unpaired) electrons. The van der Waals surface area contributed by atoms with Crippen LogP contribution in [-0.4, -0.2) is 23.0 Å². The summed E-state index contributed by atoms with van der Waals surface area (Å²) in [5.41, 5.74) is 2.56. The van der Waals surface area contributed by atoms with Crippen LogP contribution in [0.25, 0.3) is 0 Å². The molecule has 2 unspecified atom stereocenters. The maximum atomic E-state index is 12.6. The molecule has 1 saturated heterocycles. The predicted molar refractivity (Wildman–Crippen MR) is 80.0 cm³/mol. The van der Waals surface area contributed by atoms with Gasteiger partial charge >= 0.3 is 0 Å². The molecule has 1 aliphatic heterocycles. The number of carbonyl (C=O) groups is 1. The van der Waals surface area contributed by atoms with Crippen molar-refractivity contribution in [3.63, 3.8) is 0 Å². The summed E-state index contributed by atoms with van der Waals surface area (Å²) >= 11 is 1.71. The van der Waals surface area contributed by atoms with E-state index >= 15 is 0 Å². The summed E-state index contributed by atoms with van der Waals surface area (Å²) in [6.45, 7) is 11.4. The van der Waals surface area contributed by atoms with Crippen LogP contribution in [0.5, 0.6) is 0 Å². The van der Waals surface area contributed by atoms with Crippen molar-refractivity contribution in [3.8, 4) is 0 Å². The molecule has 1 N–H and O–H groups in total. The molecular weight excluding hydrogens is 256 g/mol. The van der Waals surface area contributed by atoms with Gasteiger partial charge in [0.2, 0.25) is 5.91 Å². The average Bonchev–Trinajstić information content (AvgIpc) is 2.86. The van der Waals surface area contributed by atoms with E-state index in [9.17, 15) is 4.79 Å². The first kappa shape index (κ1) is 14.5. The summed E-state index contributed by atoms with van der Waals surface area (Å²) in [6.07, 6.45) is 0.152. The number of hydrogen-bond acceptors (Lipinski definition) is 3. The highest BCUT2D eigenvalue weighted by molar-refractivity contribution is 7.08. The number of nitrogens with one attached hydrogen (secondary N) is 1. The van der Waals surface area contributed by atoms with E-state index in [-0.39, 0.29) is 18.1 Å². The van der Waals surface area contributed by atoms with Crippen molar-refractivity contribution in [1.82, 2.24) is 10.2 Å². The Labute approximate surface area is 120 Å². The molecule has 2 atom stereocenters. The lowest BCUT2D eigenvalue weighted by Crippen LogP contribution is -2.41. The first-order chi connectivity index (χ1) is 8.91. The molecule has 0 aromatic carbocycles. The van der Waals surface area contributed by atoms with Gasteiger partial charge in [-0.15, -0.1) is 0 Å². The molecule has 0 saturated carbocycles. The lowest BCUT2D eigenvalue weighted by molar-refractivity contribution is -0.131. The maximum absolute atomic E-state index is 12.6. The molecule has 1 amide bonds. The quantitative estimate of drug-likeness (QED) is 0.919. The van der Waals surface area contributed by atoms with Gasteiger partial charge in [-0.05, 0) is 40.6 Å². The summed E-state index contributed by atoms with van der Waals surface area (Å²) in [6, 6.07) is -0.0358. The second-order valence-corrected chi connectivity index (χ2v) is 6.87. The van der Waals surface area contributed by atoms with Crippen molar-refractivity contribution in [2.45, 2.75) is 53.4 Å². The highest BCUT2D eigenvalue weighted by Gasteiger charge is 2.41. The van der Waals surface area contributed by atoms with Crippen LogP contribution >= 0.6 is 11.3 Å². The van der Waals surface area contributed by atoms with Crippen molar-refractivity contribution in [3.05, 3.63) is 21.9 Å². The van der Waals surface area contributed by atoms with E-state index in [1.54, 1.807) is 11.3 Å². The highest BCUT2D eigenvalue weighted by Crippen LogP contribution is 2.25. The summed E-state index contributed by atoms with van der Waals surface area (Å²) in [7, 11) is 0. The number of aryl methyl sites for hydroxylation is 1. The fraction of sp³-hybridized carbons (Fsp3) is 0.667. The minimum absolute atomic E-state index is 0.0358. The number of hydrogen-bond donors (Lipinski definition) is 1. The fourth-order valence-corrected chi connectivity index (χ4v) is 3.45. The van der Waals surface area contributed by atoms with Crippen LogP contribution in [0.3, 0.4) is 0 Å². The Morgan fingerprint density at radius 1 is 1.26 bits per heavy atom. The Morgan fingerprint density at radius 3 is 2.42 bits per heavy atom. The van der Waals surface area contributed by atoms with Crippen LogP contribution in [0.2, 0.25) is 0 Å². The van der Waals surface area contributed by atoms with Crippen LogP contribution < -0.4 is 5.32 Å². The molecule has 4 heteroatoms. The number of amides is 1. The third kappa shape index (κ3) is 2.84. The van der Waals surface area contributed by atoms with E-state index in [0.717, 1.165) is 6.54 Å².